The molecule has 0 radical (unpaired) electrons. The van der Waals surface area contributed by atoms with Gasteiger partial charge in [0.15, 0.2) is 5.78 Å². The van der Waals surface area contributed by atoms with Crippen LogP contribution in [0.4, 0.5) is 28.9 Å². The summed E-state index contributed by atoms with van der Waals surface area (Å²) >= 11 is 0. The van der Waals surface area contributed by atoms with E-state index in [1.807, 2.05) is 13.8 Å². The minimum absolute atomic E-state index is 0.0321. The molecule has 1 aromatic carbocycles. The number of hydrogen-bond acceptors (Lipinski definition) is 5. The van der Waals surface area contributed by atoms with Crippen molar-refractivity contribution in [3.8, 4) is 5.75 Å². The summed E-state index contributed by atoms with van der Waals surface area (Å²) in [6.07, 6.45) is -3.20. The smallest absolute Gasteiger partial charge is 0.416 e. The van der Waals surface area contributed by atoms with Gasteiger partial charge in [-0.1, -0.05) is 13.8 Å². The van der Waals surface area contributed by atoms with Gasteiger partial charge in [0.05, 0.1) is 36.2 Å². The number of aliphatic carboxylic acids is 1. The first-order chi connectivity index (χ1) is 14.9. The summed E-state index contributed by atoms with van der Waals surface area (Å²) in [6.45, 7) is 3.81. The van der Waals surface area contributed by atoms with Gasteiger partial charge in [-0.05, 0) is 30.5 Å². The molecule has 0 aliphatic heterocycles. The number of carboxylic acids is 1. The van der Waals surface area contributed by atoms with E-state index < -0.39 is 41.1 Å². The number of hydrogen-bond donors (Lipinski definition) is 1. The number of aromatic nitrogens is 1. The lowest BCUT2D eigenvalue weighted by Gasteiger charge is -2.28. The zero-order chi connectivity index (χ0) is 23.8. The third-order valence-corrected chi connectivity index (χ3v) is 5.16. The Morgan fingerprint density at radius 2 is 1.94 bits per heavy atom. The van der Waals surface area contributed by atoms with Gasteiger partial charge in [0.1, 0.15) is 17.3 Å². The predicted octanol–water partition coefficient (Wildman–Crippen LogP) is 4.95. The average molecular weight is 454 g/mol. The average Bonchev–Trinajstić information content (AvgIpc) is 3.52. The number of ether oxygens (including phenoxy) is 1. The van der Waals surface area contributed by atoms with Crippen LogP contribution in [0.5, 0.6) is 5.75 Å². The van der Waals surface area contributed by atoms with Gasteiger partial charge < -0.3 is 14.7 Å². The Morgan fingerprint density at radius 1 is 1.25 bits per heavy atom. The molecule has 1 aliphatic carbocycles. The normalized spacial score (nSPS) is 17.9. The predicted molar refractivity (Wildman–Crippen MR) is 108 cm³/mol. The molecule has 172 valence electrons. The van der Waals surface area contributed by atoms with Crippen molar-refractivity contribution in [2.24, 2.45) is 17.8 Å². The van der Waals surface area contributed by atoms with Gasteiger partial charge in [0, 0.05) is 18.5 Å². The number of ketones is 1. The number of methoxy groups -OCH3 is 1. The highest BCUT2D eigenvalue weighted by molar-refractivity contribution is 6.03. The lowest BCUT2D eigenvalue weighted by Crippen LogP contribution is -2.24. The highest BCUT2D eigenvalue weighted by Gasteiger charge is 2.49. The number of rotatable bonds is 8. The summed E-state index contributed by atoms with van der Waals surface area (Å²) in [7, 11) is 1.29. The fourth-order valence-electron chi connectivity index (χ4n) is 3.46. The van der Waals surface area contributed by atoms with Crippen molar-refractivity contribution in [3.05, 3.63) is 47.5 Å². The fraction of sp³-hybridized carbons (Fsp3) is 0.409. The molecule has 3 rings (SSSR count). The molecule has 2 atom stereocenters. The zero-order valence-electron chi connectivity index (χ0n) is 17.6. The van der Waals surface area contributed by atoms with E-state index >= 15 is 0 Å². The van der Waals surface area contributed by atoms with Crippen molar-refractivity contribution in [3.63, 3.8) is 0 Å². The van der Waals surface area contributed by atoms with Crippen molar-refractivity contribution in [2.75, 3.05) is 18.6 Å². The summed E-state index contributed by atoms with van der Waals surface area (Å²) < 4.78 is 59.5. The highest BCUT2D eigenvalue weighted by Crippen LogP contribution is 2.43. The Kier molecular flexibility index (Phi) is 6.43. The van der Waals surface area contributed by atoms with Crippen LogP contribution < -0.4 is 9.64 Å². The van der Waals surface area contributed by atoms with E-state index in [9.17, 15) is 27.2 Å². The third-order valence-electron chi connectivity index (χ3n) is 5.16. The molecule has 1 aliphatic rings. The standard InChI is InChI=1S/C22H22F4N2O4/c1-11(2)10-28(17-6-12(22(24,25)26)4-5-16(17)23)13-7-18(32-3)19(27-9-13)20(29)14-8-15(14)21(30)31/h4-7,9,11,14-15H,8,10H2,1-3H3,(H,30,31)/t14-,15-/m0/s1. The number of nitrogens with zero attached hydrogens (tertiary/aromatic N) is 2. The number of benzene rings is 1. The molecule has 1 heterocycles. The third kappa shape index (κ3) is 4.84. The maximum atomic E-state index is 14.6. The molecule has 1 saturated carbocycles. The van der Waals surface area contributed by atoms with Gasteiger partial charge in [0.2, 0.25) is 0 Å². The minimum Gasteiger partial charge on any atom is -0.494 e. The molecule has 32 heavy (non-hydrogen) atoms. The SMILES string of the molecule is COc1cc(N(CC(C)C)c2cc(C(F)(F)F)ccc2F)cnc1C(=O)[C@H]1C[C@@H]1C(=O)O. The van der Waals surface area contributed by atoms with Crippen molar-refractivity contribution in [1.82, 2.24) is 4.98 Å². The van der Waals surface area contributed by atoms with Crippen LogP contribution in [0.1, 0.15) is 36.3 Å². The molecule has 0 spiro atoms. The monoisotopic (exact) mass is 454 g/mol. The number of anilines is 2. The second-order valence-corrected chi connectivity index (χ2v) is 8.06. The first kappa shape index (κ1) is 23.5. The van der Waals surface area contributed by atoms with E-state index in [-0.39, 0.29) is 41.7 Å². The van der Waals surface area contributed by atoms with Gasteiger partial charge in [-0.3, -0.25) is 9.59 Å². The quantitative estimate of drug-likeness (QED) is 0.449. The largest absolute Gasteiger partial charge is 0.494 e. The molecule has 1 fully saturated rings. The fourth-order valence-corrected chi connectivity index (χ4v) is 3.46. The maximum Gasteiger partial charge on any atom is 0.416 e. The van der Waals surface area contributed by atoms with Crippen molar-refractivity contribution < 1.29 is 37.0 Å². The summed E-state index contributed by atoms with van der Waals surface area (Å²) in [4.78, 5) is 29.2. The van der Waals surface area contributed by atoms with Crippen LogP contribution in [0, 0.1) is 23.6 Å². The van der Waals surface area contributed by atoms with E-state index in [1.54, 1.807) is 0 Å². The molecular formula is C22H22F4N2O4. The lowest BCUT2D eigenvalue weighted by molar-refractivity contribution is -0.139. The first-order valence-electron chi connectivity index (χ1n) is 9.89. The van der Waals surface area contributed by atoms with Crippen LogP contribution in [0.25, 0.3) is 0 Å². The van der Waals surface area contributed by atoms with Crippen LogP contribution in [0.3, 0.4) is 0 Å². The molecule has 1 N–H and O–H groups in total. The molecule has 0 saturated heterocycles. The van der Waals surface area contributed by atoms with Gasteiger partial charge >= 0.3 is 12.1 Å². The van der Waals surface area contributed by atoms with Gasteiger partial charge in [-0.25, -0.2) is 9.37 Å². The summed E-state index contributed by atoms with van der Waals surface area (Å²) in [5.41, 5.74) is -1.12. The molecule has 2 aromatic rings. The van der Waals surface area contributed by atoms with Crippen molar-refractivity contribution in [2.45, 2.75) is 26.4 Å². The minimum atomic E-state index is -4.65. The number of carboxylic acid groups (broad SMARTS) is 1. The van der Waals surface area contributed by atoms with Crippen LogP contribution in [0.2, 0.25) is 0 Å². The van der Waals surface area contributed by atoms with E-state index in [0.29, 0.717) is 6.07 Å². The van der Waals surface area contributed by atoms with E-state index in [1.165, 1.54) is 24.3 Å². The maximum absolute atomic E-state index is 14.6. The number of pyridine rings is 1. The Bertz CT molecular complexity index is 1040. The van der Waals surface area contributed by atoms with E-state index in [4.69, 9.17) is 9.84 Å². The highest BCUT2D eigenvalue weighted by atomic mass is 19.4. The molecule has 0 amide bonds. The van der Waals surface area contributed by atoms with Crippen LogP contribution in [-0.4, -0.2) is 35.5 Å². The number of carbonyl (C=O) groups is 2. The molecule has 0 bridgehead atoms. The zero-order valence-corrected chi connectivity index (χ0v) is 17.6. The molecular weight excluding hydrogens is 432 g/mol. The second kappa shape index (κ2) is 8.76. The van der Waals surface area contributed by atoms with Gasteiger partial charge in [-0.15, -0.1) is 0 Å². The summed E-state index contributed by atoms with van der Waals surface area (Å²) in [5, 5.41) is 9.05. The van der Waals surface area contributed by atoms with Crippen molar-refractivity contribution >= 4 is 23.1 Å². The van der Waals surface area contributed by atoms with E-state index in [2.05, 4.69) is 4.98 Å². The molecule has 6 nitrogen and oxygen atoms in total. The number of alkyl halides is 3. The first-order valence-corrected chi connectivity index (χ1v) is 9.89. The van der Waals surface area contributed by atoms with E-state index in [0.717, 1.165) is 12.1 Å². The van der Waals surface area contributed by atoms with Gasteiger partial charge in [0.25, 0.3) is 0 Å². The molecule has 10 heteroatoms. The topological polar surface area (TPSA) is 79.7 Å². The summed E-state index contributed by atoms with van der Waals surface area (Å²) in [5.74, 6) is -3.90. The number of carbonyl (C=O) groups excluding carboxylic acids is 1. The lowest BCUT2D eigenvalue weighted by atomic mass is 10.1. The van der Waals surface area contributed by atoms with Crippen LogP contribution in [0.15, 0.2) is 30.5 Å². The van der Waals surface area contributed by atoms with Crippen molar-refractivity contribution in [1.29, 1.82) is 0 Å². The Hall–Kier alpha value is -3.17. The van der Waals surface area contributed by atoms with Crippen LogP contribution in [-0.2, 0) is 11.0 Å². The Labute approximate surface area is 181 Å². The number of Topliss-reactive ketones (excluding diaryl/α,β-unsaturated/α-hetero) is 1. The molecule has 1 aromatic heterocycles. The Balaban J connectivity index is 2.02. The van der Waals surface area contributed by atoms with Gasteiger partial charge in [-0.2, -0.15) is 13.2 Å². The van der Waals surface area contributed by atoms with Crippen LogP contribution >= 0.6 is 0 Å². The summed E-state index contributed by atoms with van der Waals surface area (Å²) in [6, 6.07) is 3.54. The second-order valence-electron chi connectivity index (χ2n) is 8.06. The Morgan fingerprint density at radius 3 is 2.47 bits per heavy atom. The number of halogens is 4. The molecule has 0 unspecified atom stereocenters.